The number of benzene rings is 2. The van der Waals surface area contributed by atoms with Gasteiger partial charge in [-0.2, -0.15) is 0 Å². The van der Waals surface area contributed by atoms with E-state index in [9.17, 15) is 14.7 Å². The fourth-order valence-electron chi connectivity index (χ4n) is 3.94. The van der Waals surface area contributed by atoms with Crippen LogP contribution in [-0.2, 0) is 9.59 Å². The van der Waals surface area contributed by atoms with Crippen LogP contribution < -0.4 is 9.64 Å². The first kappa shape index (κ1) is 20.8. The van der Waals surface area contributed by atoms with Crippen LogP contribution in [0.25, 0.3) is 16.8 Å². The van der Waals surface area contributed by atoms with Crippen molar-refractivity contribution >= 4 is 46.0 Å². The van der Waals surface area contributed by atoms with Crippen molar-refractivity contribution in [2.45, 2.75) is 13.0 Å². The molecule has 1 aliphatic heterocycles. The molecule has 2 N–H and O–H groups in total. The number of aromatic nitrogens is 2. The van der Waals surface area contributed by atoms with E-state index in [2.05, 4.69) is 9.97 Å². The number of ketones is 1. The normalized spacial score (nSPS) is 17.8. The Balaban J connectivity index is 1.71. The molecule has 9 heteroatoms. The molecule has 0 radical (unpaired) electrons. The number of aliphatic hydroxyl groups excluding tert-OH is 1. The summed E-state index contributed by atoms with van der Waals surface area (Å²) < 4.78 is 10.9. The average molecular weight is 464 g/mol. The zero-order valence-corrected chi connectivity index (χ0v) is 18.4. The van der Waals surface area contributed by atoms with E-state index >= 15 is 0 Å². The van der Waals surface area contributed by atoms with E-state index in [0.717, 1.165) is 0 Å². The Bertz CT molecular complexity index is 1420. The predicted octanol–water partition coefficient (Wildman–Crippen LogP) is 4.75. The Labute approximate surface area is 193 Å². The highest BCUT2D eigenvalue weighted by Crippen LogP contribution is 2.42. The summed E-state index contributed by atoms with van der Waals surface area (Å²) in [4.78, 5) is 35.1. The third-order valence-corrected chi connectivity index (χ3v) is 5.80. The quantitative estimate of drug-likeness (QED) is 0.257. The minimum atomic E-state index is -1.03. The van der Waals surface area contributed by atoms with Crippen molar-refractivity contribution < 1.29 is 23.8 Å². The highest BCUT2D eigenvalue weighted by Gasteiger charge is 2.49. The fraction of sp³-hybridized carbons (Fsp3) is 0.125. The number of carbonyl (C=O) groups excluding carboxylic acids is 2. The molecule has 2 aromatic heterocycles. The van der Waals surface area contributed by atoms with Gasteiger partial charge in [0.05, 0.1) is 28.7 Å². The van der Waals surface area contributed by atoms with Crippen molar-refractivity contribution in [1.82, 2.24) is 9.97 Å². The average Bonchev–Trinajstić information content (AvgIpc) is 3.49. The number of halogens is 1. The molecule has 33 heavy (non-hydrogen) atoms. The van der Waals surface area contributed by atoms with Crippen LogP contribution in [0.5, 0.6) is 5.75 Å². The Morgan fingerprint density at radius 2 is 1.97 bits per heavy atom. The number of H-pyrrole nitrogens is 1. The summed E-state index contributed by atoms with van der Waals surface area (Å²) in [6, 6.07) is 14.2. The highest BCUT2D eigenvalue weighted by molar-refractivity contribution is 6.51. The molecule has 0 bridgehead atoms. The number of carbonyl (C=O) groups is 2. The van der Waals surface area contributed by atoms with E-state index in [0.29, 0.717) is 28.3 Å². The number of anilines is 1. The number of aromatic amines is 1. The van der Waals surface area contributed by atoms with Crippen molar-refractivity contribution in [2.24, 2.45) is 0 Å². The third kappa shape index (κ3) is 3.35. The smallest absolute Gasteiger partial charge is 0.302 e. The van der Waals surface area contributed by atoms with Crippen LogP contribution in [0, 0.1) is 6.92 Å². The fourth-order valence-corrected chi connectivity index (χ4v) is 4.20. The Hall–Kier alpha value is -4.04. The van der Waals surface area contributed by atoms with E-state index in [-0.39, 0.29) is 27.9 Å². The number of nitrogens with one attached hydrogen (secondary N) is 1. The second-order valence-electron chi connectivity index (χ2n) is 7.54. The molecule has 1 saturated heterocycles. The lowest BCUT2D eigenvalue weighted by molar-refractivity contribution is -0.132. The van der Waals surface area contributed by atoms with Crippen molar-refractivity contribution in [3.63, 3.8) is 0 Å². The van der Waals surface area contributed by atoms with Crippen LogP contribution in [0.1, 0.15) is 23.1 Å². The summed E-state index contributed by atoms with van der Waals surface area (Å²) in [6.07, 6.45) is 0. The molecule has 4 aromatic rings. The molecule has 3 heterocycles. The summed E-state index contributed by atoms with van der Waals surface area (Å²) in [5.74, 6) is -0.594. The zero-order valence-electron chi connectivity index (χ0n) is 17.6. The number of nitrogens with zero attached hydrogens (tertiary/aromatic N) is 2. The van der Waals surface area contributed by atoms with E-state index in [1.807, 2.05) is 18.2 Å². The standard InChI is InChI=1S/C24H18ClN3O5/c1-12-7-9-18(33-12)20-19(21(29)13-8-10-17(32-2)14(25)11-13)22(30)23(31)28(20)24-26-15-5-3-4-6-16(15)27-24/h3-11,20,29H,1-2H3,(H,26,27)/b21-19+. The number of hydrogen-bond acceptors (Lipinski definition) is 6. The first-order valence-corrected chi connectivity index (χ1v) is 10.4. The van der Waals surface area contributed by atoms with Crippen molar-refractivity contribution in [3.05, 3.63) is 82.3 Å². The number of para-hydroxylation sites is 2. The molecule has 0 aliphatic carbocycles. The lowest BCUT2D eigenvalue weighted by atomic mass is 9.99. The van der Waals surface area contributed by atoms with Crippen molar-refractivity contribution in [2.75, 3.05) is 12.0 Å². The maximum atomic E-state index is 13.2. The number of Topliss-reactive ketones (excluding diaryl/α,β-unsaturated/α-hetero) is 1. The molecule has 8 nitrogen and oxygen atoms in total. The van der Waals surface area contributed by atoms with E-state index in [1.165, 1.54) is 18.1 Å². The van der Waals surface area contributed by atoms with Gasteiger partial charge in [-0.15, -0.1) is 0 Å². The predicted molar refractivity (Wildman–Crippen MR) is 122 cm³/mol. The number of amides is 1. The number of aryl methyl sites for hydroxylation is 1. The molecule has 1 aliphatic rings. The molecule has 1 fully saturated rings. The lowest BCUT2D eigenvalue weighted by Crippen LogP contribution is -2.30. The van der Waals surface area contributed by atoms with Gasteiger partial charge in [0.25, 0.3) is 5.78 Å². The Morgan fingerprint density at radius 3 is 2.64 bits per heavy atom. The minimum Gasteiger partial charge on any atom is -0.507 e. The maximum Gasteiger partial charge on any atom is 0.302 e. The number of rotatable bonds is 4. The largest absolute Gasteiger partial charge is 0.507 e. The van der Waals surface area contributed by atoms with Crippen molar-refractivity contribution in [1.29, 1.82) is 0 Å². The van der Waals surface area contributed by atoms with Gasteiger partial charge in [0.2, 0.25) is 5.95 Å². The van der Waals surface area contributed by atoms with Gasteiger partial charge in [-0.05, 0) is 49.4 Å². The number of imidazole rings is 1. The number of furan rings is 1. The molecular weight excluding hydrogens is 446 g/mol. The highest BCUT2D eigenvalue weighted by atomic mass is 35.5. The summed E-state index contributed by atoms with van der Waals surface area (Å²) in [5.41, 5.74) is 1.46. The third-order valence-electron chi connectivity index (χ3n) is 5.51. The van der Waals surface area contributed by atoms with E-state index in [1.54, 1.807) is 37.3 Å². The van der Waals surface area contributed by atoms with Gasteiger partial charge < -0.3 is 19.2 Å². The Morgan fingerprint density at radius 1 is 1.18 bits per heavy atom. The van der Waals surface area contributed by atoms with Gasteiger partial charge in [-0.1, -0.05) is 23.7 Å². The van der Waals surface area contributed by atoms with E-state index in [4.69, 9.17) is 20.8 Å². The number of hydrogen-bond donors (Lipinski definition) is 2. The lowest BCUT2D eigenvalue weighted by Gasteiger charge is -2.20. The molecule has 1 amide bonds. The topological polar surface area (TPSA) is 109 Å². The monoisotopic (exact) mass is 463 g/mol. The molecule has 166 valence electrons. The second-order valence-corrected chi connectivity index (χ2v) is 7.95. The van der Waals surface area contributed by atoms with Gasteiger partial charge in [-0.3, -0.25) is 14.5 Å². The first-order chi connectivity index (χ1) is 15.9. The van der Waals surface area contributed by atoms with Crippen LogP contribution in [0.15, 0.2) is 64.6 Å². The van der Waals surface area contributed by atoms with Crippen LogP contribution in [-0.4, -0.2) is 33.9 Å². The van der Waals surface area contributed by atoms with Crippen molar-refractivity contribution in [3.8, 4) is 5.75 Å². The first-order valence-electron chi connectivity index (χ1n) is 10.0. The molecule has 2 aromatic carbocycles. The minimum absolute atomic E-state index is 0.129. The molecule has 5 rings (SSSR count). The van der Waals surface area contributed by atoms with Gasteiger partial charge in [0.15, 0.2) is 0 Å². The van der Waals surface area contributed by atoms with Gasteiger partial charge in [0, 0.05) is 5.56 Å². The Kier molecular flexibility index (Phi) is 4.94. The summed E-state index contributed by atoms with van der Waals surface area (Å²) in [7, 11) is 1.47. The SMILES string of the molecule is COc1ccc(/C(O)=C2\C(=O)C(=O)N(c3nc4ccccc4[nH]3)C2c2ccc(C)o2)cc1Cl. The molecule has 1 unspecified atom stereocenters. The second kappa shape index (κ2) is 7.83. The molecule has 0 saturated carbocycles. The van der Waals surface area contributed by atoms with Gasteiger partial charge in [0.1, 0.15) is 29.1 Å². The maximum absolute atomic E-state index is 13.2. The van der Waals surface area contributed by atoms with Crippen LogP contribution >= 0.6 is 11.6 Å². The number of ether oxygens (including phenoxy) is 1. The molecule has 0 spiro atoms. The molecular formula is C24H18ClN3O5. The summed E-state index contributed by atoms with van der Waals surface area (Å²) >= 11 is 6.22. The summed E-state index contributed by atoms with van der Waals surface area (Å²) in [5, 5.41) is 11.4. The van der Waals surface area contributed by atoms with Gasteiger partial charge in [-0.25, -0.2) is 4.98 Å². The number of fused-ring (bicyclic) bond motifs is 1. The van der Waals surface area contributed by atoms with Crippen LogP contribution in [0.4, 0.5) is 5.95 Å². The molecule has 1 atom stereocenters. The van der Waals surface area contributed by atoms with Crippen LogP contribution in [0.3, 0.4) is 0 Å². The van der Waals surface area contributed by atoms with Gasteiger partial charge >= 0.3 is 5.91 Å². The van der Waals surface area contributed by atoms with Crippen LogP contribution in [0.2, 0.25) is 5.02 Å². The van der Waals surface area contributed by atoms with E-state index < -0.39 is 17.7 Å². The number of methoxy groups -OCH3 is 1. The summed E-state index contributed by atoms with van der Waals surface area (Å²) in [6.45, 7) is 1.75. The number of aliphatic hydroxyl groups is 1. The zero-order chi connectivity index (χ0) is 23.3.